The van der Waals surface area contributed by atoms with E-state index >= 15 is 0 Å². The molecule has 3 unspecified atom stereocenters. The average molecular weight is 1380 g/mol. The van der Waals surface area contributed by atoms with Gasteiger partial charge in [-0.05, 0) is 37.5 Å². The Balaban J connectivity index is 5.18. The van der Waals surface area contributed by atoms with Crippen molar-refractivity contribution in [3.8, 4) is 0 Å². The second-order valence-corrected chi connectivity index (χ2v) is 30.7. The highest BCUT2D eigenvalue weighted by Gasteiger charge is 2.30. The van der Waals surface area contributed by atoms with E-state index < -0.39 is 97.5 Å². The summed E-state index contributed by atoms with van der Waals surface area (Å²) in [4.78, 5) is 72.6. The van der Waals surface area contributed by atoms with Gasteiger partial charge in [-0.3, -0.25) is 37.3 Å². The molecule has 0 radical (unpaired) electrons. The third-order valence-electron chi connectivity index (χ3n) is 17.8. The highest BCUT2D eigenvalue weighted by molar-refractivity contribution is 7.47. The lowest BCUT2D eigenvalue weighted by molar-refractivity contribution is -0.161. The normalized spacial score (nSPS) is 14.3. The van der Waals surface area contributed by atoms with Gasteiger partial charge in [0.1, 0.15) is 19.3 Å². The van der Waals surface area contributed by atoms with Crippen molar-refractivity contribution in [3.63, 3.8) is 0 Å². The molecule has 17 nitrogen and oxygen atoms in total. The minimum Gasteiger partial charge on any atom is -0.462 e. The topological polar surface area (TPSA) is 237 Å². The smallest absolute Gasteiger partial charge is 0.462 e. The molecule has 6 atom stereocenters. The zero-order valence-electron chi connectivity index (χ0n) is 61.3. The molecule has 0 fully saturated rings. The molecule has 0 amide bonds. The second-order valence-electron chi connectivity index (χ2n) is 27.8. The van der Waals surface area contributed by atoms with Gasteiger partial charge in [-0.15, -0.1) is 0 Å². The summed E-state index contributed by atoms with van der Waals surface area (Å²) >= 11 is 0. The van der Waals surface area contributed by atoms with Crippen molar-refractivity contribution in [1.29, 1.82) is 0 Å². The number of carbonyl (C=O) groups excluding carboxylic acids is 4. The van der Waals surface area contributed by atoms with Gasteiger partial charge in [0.2, 0.25) is 0 Å². The van der Waals surface area contributed by atoms with Gasteiger partial charge >= 0.3 is 39.5 Å². The Morgan fingerprint density at radius 2 is 0.543 bits per heavy atom. The molecule has 0 aromatic rings. The summed E-state index contributed by atoms with van der Waals surface area (Å²) in [6.07, 6.45) is 54.3. The van der Waals surface area contributed by atoms with Crippen LogP contribution in [0.15, 0.2) is 0 Å². The molecule has 0 aliphatic rings. The van der Waals surface area contributed by atoms with E-state index in [0.717, 1.165) is 108 Å². The largest absolute Gasteiger partial charge is 0.472 e. The maximum Gasteiger partial charge on any atom is 0.472 e. The van der Waals surface area contributed by atoms with E-state index in [4.69, 9.17) is 37.0 Å². The molecule has 0 bridgehead atoms. The van der Waals surface area contributed by atoms with Crippen LogP contribution in [0.5, 0.6) is 0 Å². The quantitative estimate of drug-likeness (QED) is 0.0222. The first-order chi connectivity index (χ1) is 45.4. The van der Waals surface area contributed by atoms with Crippen LogP contribution in [0.25, 0.3) is 0 Å². The number of phosphoric ester groups is 2. The molecule has 0 heterocycles. The summed E-state index contributed by atoms with van der Waals surface area (Å²) in [7, 11) is -9.90. The number of hydrogen-bond donors (Lipinski definition) is 3. The van der Waals surface area contributed by atoms with Crippen molar-refractivity contribution in [2.45, 2.75) is 407 Å². The van der Waals surface area contributed by atoms with Crippen molar-refractivity contribution in [3.05, 3.63) is 0 Å². The van der Waals surface area contributed by atoms with E-state index in [0.29, 0.717) is 25.7 Å². The van der Waals surface area contributed by atoms with Crippen LogP contribution in [-0.4, -0.2) is 96.7 Å². The molecule has 0 aromatic carbocycles. The van der Waals surface area contributed by atoms with Gasteiger partial charge in [0, 0.05) is 25.7 Å². The number of unbranched alkanes of at least 4 members (excludes halogenated alkanes) is 43. The van der Waals surface area contributed by atoms with Crippen LogP contribution >= 0.6 is 15.6 Å². The monoisotopic (exact) mass is 1380 g/mol. The molecule has 0 aromatic heterocycles. The van der Waals surface area contributed by atoms with Gasteiger partial charge < -0.3 is 33.8 Å². The summed E-state index contributed by atoms with van der Waals surface area (Å²) in [5, 5.41) is 10.6. The van der Waals surface area contributed by atoms with E-state index in [1.807, 2.05) is 0 Å². The fourth-order valence-corrected chi connectivity index (χ4v) is 13.0. The van der Waals surface area contributed by atoms with Gasteiger partial charge in [0.25, 0.3) is 0 Å². The first kappa shape index (κ1) is 92.1. The van der Waals surface area contributed by atoms with Gasteiger partial charge in [0.15, 0.2) is 12.2 Å². The molecule has 0 spiro atoms. The molecule has 0 aliphatic heterocycles. The van der Waals surface area contributed by atoms with Crippen molar-refractivity contribution >= 4 is 39.5 Å². The van der Waals surface area contributed by atoms with Gasteiger partial charge in [-0.1, -0.05) is 337 Å². The number of hydrogen-bond acceptors (Lipinski definition) is 15. The zero-order chi connectivity index (χ0) is 69.3. The Morgan fingerprint density at radius 1 is 0.309 bits per heavy atom. The lowest BCUT2D eigenvalue weighted by Gasteiger charge is -2.21. The molecule has 19 heteroatoms. The standard InChI is InChI=1S/C75H146O17P2/c1-7-10-12-14-16-18-19-20-21-22-23-24-25-26-27-28-29-34-41-47-53-59-74(79)91-71(64-86-73(78)58-52-46-40-33-31-30-32-38-44-50-56-68(6)9-3)66-90-94(83,84)88-62-69(76)61-87-93(81,82)89-65-70(63-85-72(77)57-51-45-39-17-15-13-11-8-2)92-75(80)60-54-48-42-36-35-37-43-49-55-67(4)5/h67-71,76H,7-66H2,1-6H3,(H,81,82)(H,83,84)/t68?,69-,70+,71+/m0/s1. The molecule has 94 heavy (non-hydrogen) atoms. The van der Waals surface area contributed by atoms with Crippen molar-refractivity contribution in [1.82, 2.24) is 0 Å². The SMILES string of the molecule is CCCCCCCCCCCCCCCCCCCCCCCC(=O)O[C@H](COC(=O)CCCCCCCCCCCCC(C)CC)COP(=O)(O)OC[C@@H](O)COP(=O)(O)OC[C@@H](COC(=O)CCCCCCCCCC)OC(=O)CCCCCCCCCCC(C)C. The number of aliphatic hydroxyl groups excluding tert-OH is 1. The molecular weight excluding hydrogens is 1230 g/mol. The summed E-state index contributed by atoms with van der Waals surface area (Å²) in [5.74, 6) is -0.595. The van der Waals surface area contributed by atoms with Gasteiger partial charge in [0.05, 0.1) is 26.4 Å². The van der Waals surface area contributed by atoms with Crippen molar-refractivity contribution in [2.24, 2.45) is 11.8 Å². The highest BCUT2D eigenvalue weighted by atomic mass is 31.2. The summed E-state index contributed by atoms with van der Waals surface area (Å²) in [5.41, 5.74) is 0. The van der Waals surface area contributed by atoms with Gasteiger partial charge in [-0.2, -0.15) is 0 Å². The molecule has 0 saturated heterocycles. The number of aliphatic hydroxyl groups is 1. The Labute approximate surface area is 575 Å². The maximum absolute atomic E-state index is 13.1. The van der Waals surface area contributed by atoms with E-state index in [9.17, 15) is 43.2 Å². The van der Waals surface area contributed by atoms with Crippen molar-refractivity contribution in [2.75, 3.05) is 39.6 Å². The predicted molar refractivity (Wildman–Crippen MR) is 381 cm³/mol. The van der Waals surface area contributed by atoms with E-state index in [2.05, 4.69) is 41.5 Å². The van der Waals surface area contributed by atoms with Crippen molar-refractivity contribution < 1.29 is 80.2 Å². The van der Waals surface area contributed by atoms with Gasteiger partial charge in [-0.25, -0.2) is 9.13 Å². The number of esters is 4. The Morgan fingerprint density at radius 3 is 0.809 bits per heavy atom. The van der Waals surface area contributed by atoms with E-state index in [1.165, 1.54) is 199 Å². The van der Waals surface area contributed by atoms with Crippen LogP contribution in [0.2, 0.25) is 0 Å². The molecular formula is C75H146O17P2. The minimum atomic E-state index is -4.96. The average Bonchev–Trinajstić information content (AvgIpc) is 1.26. The van der Waals surface area contributed by atoms with E-state index in [1.54, 1.807) is 0 Å². The summed E-state index contributed by atoms with van der Waals surface area (Å²) < 4.78 is 68.4. The number of ether oxygens (including phenoxy) is 4. The zero-order valence-corrected chi connectivity index (χ0v) is 63.1. The fourth-order valence-electron chi connectivity index (χ4n) is 11.4. The first-order valence-electron chi connectivity index (χ1n) is 39.0. The molecule has 0 rings (SSSR count). The van der Waals surface area contributed by atoms with Crippen LogP contribution in [0.4, 0.5) is 0 Å². The third-order valence-corrected chi connectivity index (χ3v) is 19.7. The molecule has 0 saturated carbocycles. The van der Waals surface area contributed by atoms with Crippen LogP contribution in [-0.2, 0) is 65.4 Å². The molecule has 558 valence electrons. The lowest BCUT2D eigenvalue weighted by Crippen LogP contribution is -2.30. The maximum atomic E-state index is 13.1. The number of phosphoric acid groups is 2. The Hall–Kier alpha value is -1.94. The number of carbonyl (C=O) groups is 4. The fraction of sp³-hybridized carbons (Fsp3) is 0.947. The Bertz CT molecular complexity index is 1820. The molecule has 3 N–H and O–H groups in total. The van der Waals surface area contributed by atoms with E-state index in [-0.39, 0.29) is 25.7 Å². The van der Waals surface area contributed by atoms with Crippen LogP contribution in [0, 0.1) is 11.8 Å². The van der Waals surface area contributed by atoms with Crippen LogP contribution < -0.4 is 0 Å². The minimum absolute atomic E-state index is 0.104. The first-order valence-corrected chi connectivity index (χ1v) is 42.0. The summed E-state index contributed by atoms with van der Waals surface area (Å²) in [6.45, 7) is 9.54. The highest BCUT2D eigenvalue weighted by Crippen LogP contribution is 2.45. The predicted octanol–water partition coefficient (Wildman–Crippen LogP) is 21.9. The number of rotatable bonds is 74. The third kappa shape index (κ3) is 67.3. The second kappa shape index (κ2) is 66.9. The lowest BCUT2D eigenvalue weighted by atomic mass is 9.99. The van der Waals surface area contributed by atoms with Crippen LogP contribution in [0.3, 0.4) is 0 Å². The van der Waals surface area contributed by atoms with Crippen LogP contribution in [0.1, 0.15) is 388 Å². The summed E-state index contributed by atoms with van der Waals surface area (Å²) in [6, 6.07) is 0. The molecule has 0 aliphatic carbocycles. The Kier molecular flexibility index (Phi) is 65.5.